The first-order chi connectivity index (χ1) is 15.7. The van der Waals surface area contributed by atoms with Gasteiger partial charge in [-0.2, -0.15) is 0 Å². The number of phenols is 1. The van der Waals surface area contributed by atoms with E-state index in [2.05, 4.69) is 32.2 Å². The second-order valence-corrected chi connectivity index (χ2v) is 9.26. The molecule has 0 spiro atoms. The van der Waals surface area contributed by atoms with Gasteiger partial charge in [0.05, 0.1) is 23.2 Å². The van der Waals surface area contributed by atoms with Gasteiger partial charge < -0.3 is 19.9 Å². The van der Waals surface area contributed by atoms with Crippen LogP contribution in [0.15, 0.2) is 48.5 Å². The van der Waals surface area contributed by atoms with Crippen LogP contribution in [-0.4, -0.2) is 17.8 Å². The van der Waals surface area contributed by atoms with Gasteiger partial charge in [-0.15, -0.1) is 0 Å². The number of hydrogen-bond donors (Lipinski definition) is 2. The van der Waals surface area contributed by atoms with Crippen LogP contribution in [0, 0.1) is 5.82 Å². The number of anilines is 1. The molecule has 2 heterocycles. The average Bonchev–Trinajstić information content (AvgIpc) is 2.74. The molecule has 2 N–H and O–H groups in total. The Labute approximate surface area is 196 Å². The van der Waals surface area contributed by atoms with Crippen molar-refractivity contribution in [3.63, 3.8) is 0 Å². The number of nitrogens with one attached hydrogen (secondary N) is 1. The van der Waals surface area contributed by atoms with Gasteiger partial charge in [-0.25, -0.2) is 4.39 Å². The molecule has 2 aliphatic heterocycles. The molecule has 3 aromatic rings. The van der Waals surface area contributed by atoms with E-state index in [0.717, 1.165) is 28.0 Å². The van der Waals surface area contributed by atoms with Crippen LogP contribution in [0.25, 0.3) is 28.5 Å². The molecule has 3 aromatic carbocycles. The van der Waals surface area contributed by atoms with Crippen molar-refractivity contribution < 1.29 is 19.0 Å². The number of allylic oxidation sites excluding steroid dienone is 1. The number of ether oxygens (including phenoxy) is 2. The lowest BCUT2D eigenvalue weighted by molar-refractivity contribution is 0.371. The van der Waals surface area contributed by atoms with Crippen LogP contribution >= 0.6 is 11.6 Å². The quantitative estimate of drug-likeness (QED) is 0.417. The second kappa shape index (κ2) is 7.56. The first kappa shape index (κ1) is 21.4. The van der Waals surface area contributed by atoms with Gasteiger partial charge >= 0.3 is 0 Å². The van der Waals surface area contributed by atoms with Crippen molar-refractivity contribution in [2.75, 3.05) is 12.4 Å². The first-order valence-corrected chi connectivity index (χ1v) is 11.0. The molecule has 0 fully saturated rings. The maximum absolute atomic E-state index is 13.6. The molecule has 0 aromatic heterocycles. The van der Waals surface area contributed by atoms with Gasteiger partial charge in [-0.05, 0) is 68.3 Å². The Kier molecular flexibility index (Phi) is 4.91. The lowest BCUT2D eigenvalue weighted by atomic mass is 9.83. The Morgan fingerprint density at radius 1 is 1.09 bits per heavy atom. The van der Waals surface area contributed by atoms with Gasteiger partial charge in [0, 0.05) is 22.4 Å². The average molecular weight is 464 g/mol. The molecule has 4 nitrogen and oxygen atoms in total. The monoisotopic (exact) mass is 463 g/mol. The van der Waals surface area contributed by atoms with Crippen molar-refractivity contribution in [3.8, 4) is 28.4 Å². The summed E-state index contributed by atoms with van der Waals surface area (Å²) in [7, 11) is 1.52. The zero-order chi connectivity index (χ0) is 23.5. The predicted molar refractivity (Wildman–Crippen MR) is 131 cm³/mol. The minimum Gasteiger partial charge on any atom is -0.504 e. The summed E-state index contributed by atoms with van der Waals surface area (Å²) >= 11 is 6.34. The van der Waals surface area contributed by atoms with Crippen molar-refractivity contribution in [2.45, 2.75) is 26.3 Å². The fourth-order valence-corrected chi connectivity index (χ4v) is 4.93. The summed E-state index contributed by atoms with van der Waals surface area (Å²) in [6.45, 7) is 6.29. The van der Waals surface area contributed by atoms with E-state index >= 15 is 0 Å². The summed E-state index contributed by atoms with van der Waals surface area (Å²) in [5, 5.41) is 14.3. The number of methoxy groups -OCH3 is 1. The number of benzene rings is 3. The Hall–Kier alpha value is -3.44. The number of phenolic OH excluding ortho intramolecular Hbond substituents is 1. The van der Waals surface area contributed by atoms with Gasteiger partial charge in [0.25, 0.3) is 0 Å². The van der Waals surface area contributed by atoms with Crippen LogP contribution in [-0.2, 0) is 0 Å². The van der Waals surface area contributed by atoms with Crippen LogP contribution < -0.4 is 14.8 Å². The van der Waals surface area contributed by atoms with Crippen LogP contribution in [0.2, 0.25) is 5.02 Å². The van der Waals surface area contributed by atoms with Crippen LogP contribution in [0.4, 0.5) is 10.1 Å². The molecule has 5 rings (SSSR count). The zero-order valence-electron chi connectivity index (χ0n) is 18.7. The van der Waals surface area contributed by atoms with Gasteiger partial charge in [0.15, 0.2) is 11.5 Å². The number of rotatable bonds is 2. The van der Waals surface area contributed by atoms with Gasteiger partial charge in [-0.3, -0.25) is 0 Å². The molecule has 0 atom stereocenters. The lowest BCUT2D eigenvalue weighted by Gasteiger charge is -2.35. The zero-order valence-corrected chi connectivity index (χ0v) is 19.5. The van der Waals surface area contributed by atoms with Crippen LogP contribution in [0.1, 0.15) is 37.5 Å². The summed E-state index contributed by atoms with van der Waals surface area (Å²) < 4.78 is 25.6. The third-order valence-corrected chi connectivity index (χ3v) is 6.25. The van der Waals surface area contributed by atoms with Crippen molar-refractivity contribution in [3.05, 3.63) is 76.1 Å². The van der Waals surface area contributed by atoms with E-state index in [-0.39, 0.29) is 16.3 Å². The molecule has 168 valence electrons. The minimum atomic E-state index is -0.403. The van der Waals surface area contributed by atoms with Gasteiger partial charge in [-0.1, -0.05) is 29.8 Å². The fourth-order valence-electron chi connectivity index (χ4n) is 4.71. The smallest absolute Gasteiger partial charge is 0.172 e. The summed E-state index contributed by atoms with van der Waals surface area (Å²) in [6, 6.07) is 11.6. The second-order valence-electron chi connectivity index (χ2n) is 8.85. The molecule has 0 amide bonds. The van der Waals surface area contributed by atoms with E-state index in [0.29, 0.717) is 28.4 Å². The Balaban J connectivity index is 1.84. The standard InChI is InChI=1S/C27H23ClFNO3/c1-14-13-27(2,3)30-19-8-7-17-24(23(14)19)22(11-15-5-6-16(29)12-18(15)28)33-21-10-9-20(31)26(32-4)25(17)21/h5-13,30-31H,1-4H3. The molecule has 0 saturated carbocycles. The van der Waals surface area contributed by atoms with Crippen molar-refractivity contribution in [2.24, 2.45) is 0 Å². The molecular formula is C27H23ClFNO3. The molecule has 0 bridgehead atoms. The Bertz CT molecular complexity index is 1370. The highest BCUT2D eigenvalue weighted by atomic mass is 35.5. The van der Waals surface area contributed by atoms with Crippen LogP contribution in [0.3, 0.4) is 0 Å². The minimum absolute atomic E-state index is 0.0315. The predicted octanol–water partition coefficient (Wildman–Crippen LogP) is 7.36. The first-order valence-electron chi connectivity index (χ1n) is 10.6. The molecule has 0 radical (unpaired) electrons. The Morgan fingerprint density at radius 2 is 1.88 bits per heavy atom. The molecular weight excluding hydrogens is 441 g/mol. The summed E-state index contributed by atoms with van der Waals surface area (Å²) in [6.07, 6.45) is 3.99. The molecule has 0 saturated heterocycles. The largest absolute Gasteiger partial charge is 0.504 e. The number of fused-ring (bicyclic) bond motifs is 5. The van der Waals surface area contributed by atoms with Crippen molar-refractivity contribution in [1.82, 2.24) is 0 Å². The van der Waals surface area contributed by atoms with E-state index in [4.69, 9.17) is 21.1 Å². The van der Waals surface area contributed by atoms with Crippen molar-refractivity contribution in [1.29, 1.82) is 0 Å². The SMILES string of the molecule is COc1c(O)ccc2c1-c1ccc3c(c1C(=Cc1ccc(F)cc1Cl)O2)C(C)=CC(C)(C)N3. The highest BCUT2D eigenvalue weighted by Crippen LogP contribution is 2.54. The van der Waals surface area contributed by atoms with E-state index in [1.165, 1.54) is 19.2 Å². The summed E-state index contributed by atoms with van der Waals surface area (Å²) in [4.78, 5) is 0. The fraction of sp³-hybridized carbons (Fsp3) is 0.185. The topological polar surface area (TPSA) is 50.7 Å². The number of halogens is 2. The van der Waals surface area contributed by atoms with E-state index in [1.54, 1.807) is 18.2 Å². The number of aromatic hydroxyl groups is 1. The van der Waals surface area contributed by atoms with E-state index in [1.807, 2.05) is 18.2 Å². The van der Waals surface area contributed by atoms with Gasteiger partial charge in [0.1, 0.15) is 17.3 Å². The molecule has 0 aliphatic carbocycles. The molecule has 6 heteroatoms. The van der Waals surface area contributed by atoms with Gasteiger partial charge in [0.2, 0.25) is 0 Å². The summed E-state index contributed by atoms with van der Waals surface area (Å²) in [5.41, 5.74) is 5.87. The maximum Gasteiger partial charge on any atom is 0.172 e. The molecule has 33 heavy (non-hydrogen) atoms. The molecule has 2 aliphatic rings. The van der Waals surface area contributed by atoms with E-state index in [9.17, 15) is 9.50 Å². The third-order valence-electron chi connectivity index (χ3n) is 5.92. The maximum atomic E-state index is 13.6. The normalized spacial score (nSPS) is 16.7. The number of hydrogen-bond acceptors (Lipinski definition) is 4. The van der Waals surface area contributed by atoms with Crippen molar-refractivity contribution >= 4 is 34.7 Å². The van der Waals surface area contributed by atoms with Crippen LogP contribution in [0.5, 0.6) is 17.2 Å². The lowest BCUT2D eigenvalue weighted by Crippen LogP contribution is -2.32. The third kappa shape index (κ3) is 3.53. The van der Waals surface area contributed by atoms with E-state index < -0.39 is 5.82 Å². The highest BCUT2D eigenvalue weighted by molar-refractivity contribution is 6.32. The summed E-state index contributed by atoms with van der Waals surface area (Å²) in [5.74, 6) is 1.10. The Morgan fingerprint density at radius 3 is 2.61 bits per heavy atom. The highest BCUT2D eigenvalue weighted by Gasteiger charge is 2.33. The molecule has 0 unspecified atom stereocenters.